The van der Waals surface area contributed by atoms with Crippen molar-refractivity contribution >= 4 is 39.8 Å². The van der Waals surface area contributed by atoms with Crippen LogP contribution < -0.4 is 0 Å². The van der Waals surface area contributed by atoms with Gasteiger partial charge in [-0.2, -0.15) is 0 Å². The summed E-state index contributed by atoms with van der Waals surface area (Å²) in [7, 11) is 1.72. The van der Waals surface area contributed by atoms with Gasteiger partial charge in [-0.15, -0.1) is 24.8 Å². The van der Waals surface area contributed by atoms with Gasteiger partial charge in [-0.3, -0.25) is 9.97 Å². The zero-order chi connectivity index (χ0) is 4.71. The standard InChI is InChI=1S/C2H3N.2ClH.HOP/c1-2-3;;;1-2/h3H,1H2;2*1H;2H. The molecule has 0 radical (unpaired) electrons. The molecule has 44 valence electrons. The second kappa shape index (κ2) is 126. The van der Waals surface area contributed by atoms with Crippen molar-refractivity contribution < 1.29 is 4.57 Å². The lowest BCUT2D eigenvalue weighted by molar-refractivity contribution is 0.607. The minimum absolute atomic E-state index is 0. The molecule has 0 bridgehead atoms. The van der Waals surface area contributed by atoms with E-state index >= 15 is 0 Å². The molecule has 0 heterocycles. The van der Waals surface area contributed by atoms with Gasteiger partial charge in [-0.25, -0.2) is 0 Å². The van der Waals surface area contributed by atoms with Gasteiger partial charge in [0.1, 0.15) is 9.12 Å². The fraction of sp³-hybridized carbons (Fsp3) is 0. The van der Waals surface area contributed by atoms with E-state index in [4.69, 9.17) is 9.97 Å². The highest BCUT2D eigenvalue weighted by atomic mass is 35.5. The van der Waals surface area contributed by atoms with Crippen LogP contribution in [0.25, 0.3) is 0 Å². The van der Waals surface area contributed by atoms with Gasteiger partial charge in [0.25, 0.3) is 0 Å². The minimum Gasteiger partial charge on any atom is -0.279 e. The van der Waals surface area contributed by atoms with Crippen molar-refractivity contribution in [1.82, 2.24) is 0 Å². The van der Waals surface area contributed by atoms with Crippen LogP contribution in [-0.4, -0.2) is 5.87 Å². The second-order valence-electron chi connectivity index (χ2n) is 0.177. The van der Waals surface area contributed by atoms with E-state index in [2.05, 4.69) is 6.58 Å². The average Bonchev–Trinajstić information content (AvgIpc) is 1.46. The van der Waals surface area contributed by atoms with Crippen LogP contribution in [0.2, 0.25) is 0 Å². The molecular weight excluding hydrogens is 156 g/mol. The van der Waals surface area contributed by atoms with Crippen molar-refractivity contribution in [2.45, 2.75) is 0 Å². The van der Waals surface area contributed by atoms with Gasteiger partial charge < -0.3 is 0 Å². The maximum Gasteiger partial charge on any atom is 0.138 e. The Bertz CT molecular complexity index is 45.0. The molecule has 0 aliphatic carbocycles. The quantitative estimate of drug-likeness (QED) is 0.427. The summed E-state index contributed by atoms with van der Waals surface area (Å²) in [5.41, 5.74) is 0. The van der Waals surface area contributed by atoms with E-state index in [9.17, 15) is 0 Å². The third kappa shape index (κ3) is 6190. The molecule has 0 amide bonds. The largest absolute Gasteiger partial charge is 0.279 e. The van der Waals surface area contributed by atoms with Crippen molar-refractivity contribution in [3.05, 3.63) is 6.58 Å². The highest BCUT2D eigenvalue weighted by Gasteiger charge is 0.918. The first-order valence-electron chi connectivity index (χ1n) is 0.808. The molecular formula is C2H6Cl2NOP. The summed E-state index contributed by atoms with van der Waals surface area (Å²) in [6, 6.07) is 0. The molecule has 0 unspecified atom stereocenters. The Morgan fingerprint density at radius 1 is 1.43 bits per heavy atom. The molecule has 0 saturated carbocycles. The van der Waals surface area contributed by atoms with Gasteiger partial charge in [-0.05, 0) is 12.4 Å². The molecule has 0 aliphatic rings. The molecule has 1 N–H and O–H groups in total. The molecule has 5 heteroatoms. The molecule has 0 aromatic rings. The third-order valence-electron chi connectivity index (χ3n) is 0. The lowest BCUT2D eigenvalue weighted by Gasteiger charge is -1.10. The predicted molar refractivity (Wildman–Crippen MR) is 36.9 cm³/mol. The average molecular weight is 162 g/mol. The molecule has 0 spiro atoms. The Labute approximate surface area is 56.9 Å². The van der Waals surface area contributed by atoms with E-state index in [1.54, 1.807) is 15.0 Å². The maximum absolute atomic E-state index is 8.06. The first-order chi connectivity index (χ1) is 2.41. The van der Waals surface area contributed by atoms with E-state index in [-0.39, 0.29) is 24.8 Å². The summed E-state index contributed by atoms with van der Waals surface area (Å²) in [5.74, 6) is 1.75. The van der Waals surface area contributed by atoms with Crippen molar-refractivity contribution in [1.29, 1.82) is 5.41 Å². The van der Waals surface area contributed by atoms with Crippen LogP contribution in [0.3, 0.4) is 0 Å². The summed E-state index contributed by atoms with van der Waals surface area (Å²) < 4.78 is 8.06. The second-order valence-corrected chi connectivity index (χ2v) is 0.177. The summed E-state index contributed by atoms with van der Waals surface area (Å²) in [5, 5.41) is 5.85. The topological polar surface area (TPSA) is 40.9 Å². The number of hydrogen-bond donors (Lipinski definition) is 1. The zero-order valence-electron chi connectivity index (χ0n) is 3.43. The minimum atomic E-state index is 0. The van der Waals surface area contributed by atoms with Gasteiger partial charge in [-0.1, -0.05) is 0 Å². The van der Waals surface area contributed by atoms with E-state index in [1.807, 2.05) is 0 Å². The molecule has 0 aliphatic heterocycles. The van der Waals surface area contributed by atoms with Crippen LogP contribution in [0.15, 0.2) is 6.58 Å². The Morgan fingerprint density at radius 2 is 1.43 bits per heavy atom. The SMILES string of the molecule is C=C=N.Cl.Cl.O=P. The molecule has 0 rings (SSSR count). The van der Waals surface area contributed by atoms with Crippen LogP contribution in [-0.2, 0) is 4.57 Å². The van der Waals surface area contributed by atoms with Crippen LogP contribution in [0.1, 0.15) is 0 Å². The van der Waals surface area contributed by atoms with Gasteiger partial charge in [0.15, 0.2) is 0 Å². The molecule has 7 heavy (non-hydrogen) atoms. The van der Waals surface area contributed by atoms with Gasteiger partial charge in [0, 0.05) is 0 Å². The van der Waals surface area contributed by atoms with E-state index in [0.29, 0.717) is 0 Å². The molecule has 0 aromatic heterocycles. The Morgan fingerprint density at radius 3 is 1.43 bits per heavy atom. The van der Waals surface area contributed by atoms with Crippen LogP contribution >= 0.6 is 33.9 Å². The smallest absolute Gasteiger partial charge is 0.138 e. The molecule has 2 nitrogen and oxygen atoms in total. The van der Waals surface area contributed by atoms with E-state index in [0.717, 1.165) is 0 Å². The lowest BCUT2D eigenvalue weighted by atomic mass is 11.2. The number of halogens is 2. The third-order valence-corrected chi connectivity index (χ3v) is 0. The van der Waals surface area contributed by atoms with Crippen molar-refractivity contribution in [2.75, 3.05) is 0 Å². The van der Waals surface area contributed by atoms with Crippen LogP contribution in [0, 0.1) is 5.41 Å². The van der Waals surface area contributed by atoms with Crippen molar-refractivity contribution in [3.8, 4) is 0 Å². The summed E-state index contributed by atoms with van der Waals surface area (Å²) >= 11 is 0. The summed E-state index contributed by atoms with van der Waals surface area (Å²) in [6.07, 6.45) is 0. The number of rotatable bonds is 0. The lowest BCUT2D eigenvalue weighted by Crippen LogP contribution is -1.10. The summed E-state index contributed by atoms with van der Waals surface area (Å²) in [6.45, 7) is 2.90. The highest BCUT2D eigenvalue weighted by molar-refractivity contribution is 7.00. The number of hydrogen-bond acceptors (Lipinski definition) is 2. The summed E-state index contributed by atoms with van der Waals surface area (Å²) in [4.78, 5) is 0. The Kier molecular flexibility index (Phi) is 494. The first-order valence-corrected chi connectivity index (χ1v) is 1.22. The van der Waals surface area contributed by atoms with Crippen LogP contribution in [0.4, 0.5) is 0 Å². The first kappa shape index (κ1) is 27.3. The van der Waals surface area contributed by atoms with E-state index < -0.39 is 0 Å². The predicted octanol–water partition coefficient (Wildman–Crippen LogP) is 1.74. The Balaban J connectivity index is -0.0000000105. The molecule has 0 aromatic carbocycles. The van der Waals surface area contributed by atoms with Crippen LogP contribution in [0.5, 0.6) is 0 Å². The van der Waals surface area contributed by atoms with Gasteiger partial charge >= 0.3 is 0 Å². The highest BCUT2D eigenvalue weighted by Crippen LogP contribution is 1.23. The van der Waals surface area contributed by atoms with Crippen molar-refractivity contribution in [3.63, 3.8) is 0 Å². The molecule has 0 atom stereocenters. The Hall–Kier alpha value is 0.130. The fourth-order valence-corrected chi connectivity index (χ4v) is 0. The van der Waals surface area contributed by atoms with Gasteiger partial charge in [0.05, 0.1) is 0 Å². The molecule has 0 saturated heterocycles. The van der Waals surface area contributed by atoms with E-state index in [1.165, 1.54) is 0 Å². The normalized spacial score (nSPS) is 1.71. The van der Waals surface area contributed by atoms with Crippen molar-refractivity contribution in [2.24, 2.45) is 0 Å². The maximum atomic E-state index is 8.06. The number of nitrogens with one attached hydrogen (secondary N) is 1. The van der Waals surface area contributed by atoms with Gasteiger partial charge in [0.2, 0.25) is 0 Å². The molecule has 0 fully saturated rings. The monoisotopic (exact) mass is 161 g/mol. The fourth-order valence-electron chi connectivity index (χ4n) is 0. The zero-order valence-corrected chi connectivity index (χ0v) is 6.06.